The van der Waals surface area contributed by atoms with Gasteiger partial charge in [-0.1, -0.05) is 6.08 Å². The fraction of sp³-hybridized carbons (Fsp3) is 0.571. The Balaban J connectivity index is 3.17. The Morgan fingerprint density at radius 2 is 2.27 bits per heavy atom. The summed E-state index contributed by atoms with van der Waals surface area (Å²) in [6, 6.07) is 0. The van der Waals surface area contributed by atoms with Crippen LogP contribution in [0.1, 0.15) is 13.3 Å². The van der Waals surface area contributed by atoms with E-state index in [-0.39, 0.29) is 5.97 Å². The van der Waals surface area contributed by atoms with Gasteiger partial charge in [-0.25, -0.2) is 4.79 Å². The topological polar surface area (TPSA) is 35.5 Å². The Morgan fingerprint density at radius 3 is 2.82 bits per heavy atom. The third-order valence-electron chi connectivity index (χ3n) is 1.04. The van der Waals surface area contributed by atoms with Crippen molar-refractivity contribution in [2.45, 2.75) is 13.3 Å². The molecule has 0 amide bonds. The second kappa shape index (κ2) is 7.49. The summed E-state index contributed by atoms with van der Waals surface area (Å²) in [7, 11) is 0.749. The Hall–Kier alpha value is -0.613. The highest BCUT2D eigenvalue weighted by molar-refractivity contribution is 5.97. The molecule has 11 heavy (non-hydrogen) atoms. The lowest BCUT2D eigenvalue weighted by Crippen LogP contribution is -2.04. The van der Waals surface area contributed by atoms with Crippen LogP contribution in [-0.4, -0.2) is 29.7 Å². The number of allylic oxidation sites excluding steroid dienone is 1. The van der Waals surface area contributed by atoms with Gasteiger partial charge in [-0.05, 0) is 6.92 Å². The van der Waals surface area contributed by atoms with E-state index >= 15 is 0 Å². The predicted molar refractivity (Wildman–Crippen MR) is 46.3 cm³/mol. The lowest BCUT2D eigenvalue weighted by molar-refractivity contribution is -0.137. The number of carbonyl (C=O) groups excluding carboxylic acids is 1. The molecule has 0 bridgehead atoms. The number of carbonyl (C=O) groups is 1. The lowest BCUT2D eigenvalue weighted by Gasteiger charge is -2.00. The molecule has 0 radical (unpaired) electrons. The maximum Gasteiger partial charge on any atom is 0.330 e. The first kappa shape index (κ1) is 10.4. The summed E-state index contributed by atoms with van der Waals surface area (Å²) in [6.07, 6.45) is 3.85. The summed E-state index contributed by atoms with van der Waals surface area (Å²) < 4.78 is 9.71. The number of ether oxygens (including phenoxy) is 1. The first-order chi connectivity index (χ1) is 5.31. The minimum Gasteiger partial charge on any atom is -0.462 e. The molecule has 0 unspecified atom stereocenters. The van der Waals surface area contributed by atoms with E-state index in [2.05, 4.69) is 0 Å². The van der Waals surface area contributed by atoms with Gasteiger partial charge in [0.25, 0.3) is 0 Å². The van der Waals surface area contributed by atoms with E-state index < -0.39 is 0 Å². The van der Waals surface area contributed by atoms with Crippen molar-refractivity contribution in [2.75, 3.05) is 13.2 Å². The van der Waals surface area contributed by atoms with Crippen LogP contribution in [0.3, 0.4) is 0 Å². The van der Waals surface area contributed by atoms with Gasteiger partial charge in [0.1, 0.15) is 10.5 Å². The Kier molecular flexibility index (Phi) is 7.08. The molecule has 3 nitrogen and oxygen atoms in total. The molecular formula is C7H14O3Si. The molecule has 0 saturated carbocycles. The van der Waals surface area contributed by atoms with Gasteiger partial charge < -0.3 is 9.16 Å². The van der Waals surface area contributed by atoms with Crippen molar-refractivity contribution in [3.63, 3.8) is 0 Å². The molecule has 0 aromatic heterocycles. The lowest BCUT2D eigenvalue weighted by atomic mass is 10.5. The minimum absolute atomic E-state index is 0.277. The Labute approximate surface area is 69.9 Å². The first-order valence-electron chi connectivity index (χ1n) is 3.59. The fourth-order valence-corrected chi connectivity index (χ4v) is 0.849. The molecular weight excluding hydrogens is 160 g/mol. The van der Waals surface area contributed by atoms with Gasteiger partial charge in [-0.3, -0.25) is 0 Å². The molecule has 0 spiro atoms. The highest BCUT2D eigenvalue weighted by Gasteiger charge is 1.93. The van der Waals surface area contributed by atoms with Crippen LogP contribution in [0.2, 0.25) is 0 Å². The molecule has 0 aromatic rings. The van der Waals surface area contributed by atoms with E-state index in [9.17, 15) is 4.79 Å². The minimum atomic E-state index is -0.277. The zero-order valence-corrected chi connectivity index (χ0v) is 9.00. The third-order valence-corrected chi connectivity index (χ3v) is 1.45. The predicted octanol–water partition coefficient (Wildman–Crippen LogP) is -0.207. The summed E-state index contributed by atoms with van der Waals surface area (Å²) in [5, 5.41) is 0. The molecule has 0 aliphatic heterocycles. The van der Waals surface area contributed by atoms with Crippen molar-refractivity contribution in [1.82, 2.24) is 0 Å². The van der Waals surface area contributed by atoms with Crippen molar-refractivity contribution in [2.24, 2.45) is 0 Å². The van der Waals surface area contributed by atoms with Crippen molar-refractivity contribution in [3.8, 4) is 0 Å². The van der Waals surface area contributed by atoms with Crippen molar-refractivity contribution < 1.29 is 14.0 Å². The van der Waals surface area contributed by atoms with Crippen LogP contribution >= 0.6 is 0 Å². The molecule has 4 heteroatoms. The van der Waals surface area contributed by atoms with E-state index in [0.717, 1.165) is 16.9 Å². The molecule has 0 saturated heterocycles. The fourth-order valence-electron chi connectivity index (χ4n) is 0.560. The number of hydrogen-bond acceptors (Lipinski definition) is 3. The number of rotatable bonds is 5. The molecule has 64 valence electrons. The SMILES string of the molecule is CC=CC(=O)OCCCO[SiH3]. The van der Waals surface area contributed by atoms with Crippen LogP contribution in [0.5, 0.6) is 0 Å². The monoisotopic (exact) mass is 174 g/mol. The average molecular weight is 174 g/mol. The van der Waals surface area contributed by atoms with Gasteiger partial charge in [-0.15, -0.1) is 0 Å². The second-order valence-corrected chi connectivity index (χ2v) is 2.59. The summed E-state index contributed by atoms with van der Waals surface area (Å²) in [5.74, 6) is -0.277. The smallest absolute Gasteiger partial charge is 0.330 e. The zero-order valence-electron chi connectivity index (χ0n) is 7.00. The summed E-state index contributed by atoms with van der Waals surface area (Å²) in [5.41, 5.74) is 0. The van der Waals surface area contributed by atoms with Crippen LogP contribution in [-0.2, 0) is 14.0 Å². The van der Waals surface area contributed by atoms with Crippen molar-refractivity contribution >= 4 is 16.5 Å². The largest absolute Gasteiger partial charge is 0.462 e. The van der Waals surface area contributed by atoms with E-state index in [1.807, 2.05) is 0 Å². The quantitative estimate of drug-likeness (QED) is 0.250. The highest BCUT2D eigenvalue weighted by atomic mass is 28.2. The van der Waals surface area contributed by atoms with Crippen LogP contribution in [0.4, 0.5) is 0 Å². The molecule has 0 fully saturated rings. The van der Waals surface area contributed by atoms with Gasteiger partial charge in [0, 0.05) is 19.1 Å². The van der Waals surface area contributed by atoms with Crippen LogP contribution in [0.25, 0.3) is 0 Å². The molecule has 0 aliphatic carbocycles. The van der Waals surface area contributed by atoms with Gasteiger partial charge in [-0.2, -0.15) is 0 Å². The number of esters is 1. The second-order valence-electron chi connectivity index (χ2n) is 2.01. The van der Waals surface area contributed by atoms with Crippen LogP contribution in [0.15, 0.2) is 12.2 Å². The molecule has 0 heterocycles. The average Bonchev–Trinajstić information content (AvgIpc) is 1.99. The Morgan fingerprint density at radius 1 is 1.55 bits per heavy atom. The maximum absolute atomic E-state index is 10.7. The molecule has 0 rings (SSSR count). The van der Waals surface area contributed by atoms with Crippen molar-refractivity contribution in [3.05, 3.63) is 12.2 Å². The third kappa shape index (κ3) is 7.28. The normalized spacial score (nSPS) is 10.6. The van der Waals surface area contributed by atoms with E-state index in [1.54, 1.807) is 13.0 Å². The standard InChI is InChI=1S/C7H14O3Si/c1-2-4-7(8)9-5-3-6-10-11/h2,4H,3,5-6H2,1,11H3. The number of hydrogen-bond donors (Lipinski definition) is 0. The van der Waals surface area contributed by atoms with Crippen LogP contribution < -0.4 is 0 Å². The molecule has 0 aromatic carbocycles. The van der Waals surface area contributed by atoms with Gasteiger partial charge >= 0.3 is 5.97 Å². The summed E-state index contributed by atoms with van der Waals surface area (Å²) in [4.78, 5) is 10.7. The summed E-state index contributed by atoms with van der Waals surface area (Å²) in [6.45, 7) is 2.92. The highest BCUT2D eigenvalue weighted by Crippen LogP contribution is 1.85. The van der Waals surface area contributed by atoms with Crippen LogP contribution in [0, 0.1) is 0 Å². The maximum atomic E-state index is 10.7. The molecule has 0 aliphatic rings. The van der Waals surface area contributed by atoms with Gasteiger partial charge in [0.2, 0.25) is 0 Å². The summed E-state index contributed by atoms with van der Waals surface area (Å²) >= 11 is 0. The van der Waals surface area contributed by atoms with E-state index in [0.29, 0.717) is 13.2 Å². The molecule has 0 N–H and O–H groups in total. The zero-order chi connectivity index (χ0) is 8.53. The van der Waals surface area contributed by atoms with Crippen molar-refractivity contribution in [1.29, 1.82) is 0 Å². The van der Waals surface area contributed by atoms with Gasteiger partial charge in [0.05, 0.1) is 6.61 Å². The Bertz CT molecular complexity index is 134. The van der Waals surface area contributed by atoms with Gasteiger partial charge in [0.15, 0.2) is 0 Å². The van der Waals surface area contributed by atoms with E-state index in [1.165, 1.54) is 6.08 Å². The van der Waals surface area contributed by atoms with E-state index in [4.69, 9.17) is 9.16 Å². The molecule has 0 atom stereocenters. The first-order valence-corrected chi connectivity index (χ1v) is 4.41.